The molecule has 4 nitrogen and oxygen atoms in total. The summed E-state index contributed by atoms with van der Waals surface area (Å²) in [5.74, 6) is 0.609. The maximum absolute atomic E-state index is 11.3. The number of ether oxygens (including phenoxy) is 1. The molecule has 1 rings (SSSR count). The first kappa shape index (κ1) is 10.9. The minimum absolute atomic E-state index is 0.0561. The summed E-state index contributed by atoms with van der Waals surface area (Å²) in [6.07, 6.45) is 2.29. The molecule has 0 aliphatic heterocycles. The quantitative estimate of drug-likeness (QED) is 0.684. The Morgan fingerprint density at radius 3 is 2.62 bits per heavy atom. The SMILES string of the molecule is COCCS(=O)(=O)N[C@H](C)C1CC1. The molecule has 13 heavy (non-hydrogen) atoms. The van der Waals surface area contributed by atoms with Crippen molar-refractivity contribution < 1.29 is 13.2 Å². The van der Waals surface area contributed by atoms with Crippen molar-refractivity contribution in [2.75, 3.05) is 19.5 Å². The van der Waals surface area contributed by atoms with E-state index in [2.05, 4.69) is 4.72 Å². The third-order valence-electron chi connectivity index (χ3n) is 2.25. The maximum Gasteiger partial charge on any atom is 0.214 e. The van der Waals surface area contributed by atoms with Gasteiger partial charge in [0.2, 0.25) is 10.0 Å². The highest BCUT2D eigenvalue weighted by molar-refractivity contribution is 7.89. The van der Waals surface area contributed by atoms with Crippen molar-refractivity contribution in [2.45, 2.75) is 25.8 Å². The van der Waals surface area contributed by atoms with Crippen LogP contribution in [-0.4, -0.2) is 33.9 Å². The van der Waals surface area contributed by atoms with E-state index >= 15 is 0 Å². The van der Waals surface area contributed by atoms with Gasteiger partial charge in [-0.2, -0.15) is 0 Å². The van der Waals surface area contributed by atoms with Crippen LogP contribution in [0.3, 0.4) is 0 Å². The van der Waals surface area contributed by atoms with E-state index in [0.717, 1.165) is 12.8 Å². The van der Waals surface area contributed by atoms with E-state index in [1.165, 1.54) is 7.11 Å². The summed E-state index contributed by atoms with van der Waals surface area (Å²) in [7, 11) is -1.62. The van der Waals surface area contributed by atoms with Crippen LogP contribution in [0.15, 0.2) is 0 Å². The van der Waals surface area contributed by atoms with Gasteiger partial charge in [0.1, 0.15) is 0 Å². The summed E-state index contributed by atoms with van der Waals surface area (Å²) in [5.41, 5.74) is 0. The largest absolute Gasteiger partial charge is 0.384 e. The van der Waals surface area contributed by atoms with Crippen LogP contribution < -0.4 is 4.72 Å². The molecular formula is C8H17NO3S. The summed E-state index contributed by atoms with van der Waals surface area (Å²) in [5, 5.41) is 0. The van der Waals surface area contributed by atoms with Crippen LogP contribution in [0.25, 0.3) is 0 Å². The molecule has 1 saturated carbocycles. The monoisotopic (exact) mass is 207 g/mol. The smallest absolute Gasteiger partial charge is 0.214 e. The maximum atomic E-state index is 11.3. The Bertz CT molecular complexity index is 246. The van der Waals surface area contributed by atoms with Gasteiger partial charge >= 0.3 is 0 Å². The van der Waals surface area contributed by atoms with E-state index in [0.29, 0.717) is 5.92 Å². The van der Waals surface area contributed by atoms with E-state index in [9.17, 15) is 8.42 Å². The van der Waals surface area contributed by atoms with Gasteiger partial charge in [0.05, 0.1) is 12.4 Å². The molecule has 0 saturated heterocycles. The molecular weight excluding hydrogens is 190 g/mol. The standard InChI is InChI=1S/C8H17NO3S/c1-7(8-3-4-8)9-13(10,11)6-5-12-2/h7-9H,3-6H2,1-2H3/t7-/m1/s1. The third-order valence-corrected chi connectivity index (χ3v) is 3.69. The van der Waals surface area contributed by atoms with E-state index < -0.39 is 10.0 Å². The zero-order chi connectivity index (χ0) is 9.90. The van der Waals surface area contributed by atoms with E-state index in [4.69, 9.17) is 4.74 Å². The van der Waals surface area contributed by atoms with Crippen LogP contribution in [0.2, 0.25) is 0 Å². The predicted octanol–water partition coefficient (Wildman–Crippen LogP) is 0.351. The highest BCUT2D eigenvalue weighted by atomic mass is 32.2. The van der Waals surface area contributed by atoms with Gasteiger partial charge < -0.3 is 4.74 Å². The Kier molecular flexibility index (Phi) is 3.70. The van der Waals surface area contributed by atoms with Gasteiger partial charge in [0.25, 0.3) is 0 Å². The Hall–Kier alpha value is -0.130. The summed E-state index contributed by atoms with van der Waals surface area (Å²) < 4.78 is 30.0. The van der Waals surface area contributed by atoms with Crippen molar-refractivity contribution in [3.63, 3.8) is 0 Å². The fourth-order valence-electron chi connectivity index (χ4n) is 1.23. The number of methoxy groups -OCH3 is 1. The second kappa shape index (κ2) is 4.39. The van der Waals surface area contributed by atoms with Gasteiger partial charge in [-0.15, -0.1) is 0 Å². The molecule has 1 aliphatic rings. The van der Waals surface area contributed by atoms with Crippen LogP contribution in [0.5, 0.6) is 0 Å². The van der Waals surface area contributed by atoms with Crippen molar-refractivity contribution in [3.05, 3.63) is 0 Å². The van der Waals surface area contributed by atoms with Gasteiger partial charge in [-0.25, -0.2) is 13.1 Å². The van der Waals surface area contributed by atoms with E-state index in [1.807, 2.05) is 6.92 Å². The van der Waals surface area contributed by atoms with Crippen LogP contribution >= 0.6 is 0 Å². The van der Waals surface area contributed by atoms with Gasteiger partial charge in [-0.1, -0.05) is 0 Å². The molecule has 78 valence electrons. The van der Waals surface area contributed by atoms with Gasteiger partial charge in [-0.05, 0) is 25.7 Å². The Labute approximate surface area is 79.7 Å². The lowest BCUT2D eigenvalue weighted by Gasteiger charge is -2.12. The fourth-order valence-corrected chi connectivity index (χ4v) is 2.49. The first-order chi connectivity index (χ1) is 6.05. The predicted molar refractivity (Wildman–Crippen MR) is 51.0 cm³/mol. The molecule has 0 amide bonds. The zero-order valence-corrected chi connectivity index (χ0v) is 8.93. The van der Waals surface area contributed by atoms with Crippen LogP contribution in [0.4, 0.5) is 0 Å². The molecule has 0 heterocycles. The Balaban J connectivity index is 2.31. The lowest BCUT2D eigenvalue weighted by molar-refractivity contribution is 0.216. The topological polar surface area (TPSA) is 55.4 Å². The summed E-state index contributed by atoms with van der Waals surface area (Å²) in [4.78, 5) is 0. The fraction of sp³-hybridized carbons (Fsp3) is 1.00. The molecule has 5 heteroatoms. The summed E-state index contributed by atoms with van der Waals surface area (Å²) >= 11 is 0. The Morgan fingerprint density at radius 2 is 2.15 bits per heavy atom. The number of nitrogens with one attached hydrogen (secondary N) is 1. The molecule has 1 atom stereocenters. The second-order valence-electron chi connectivity index (χ2n) is 3.56. The molecule has 1 N–H and O–H groups in total. The van der Waals surface area contributed by atoms with Crippen molar-refractivity contribution >= 4 is 10.0 Å². The average molecular weight is 207 g/mol. The van der Waals surface area contributed by atoms with Crippen molar-refractivity contribution in [1.82, 2.24) is 4.72 Å². The van der Waals surface area contributed by atoms with Crippen LogP contribution in [0.1, 0.15) is 19.8 Å². The second-order valence-corrected chi connectivity index (χ2v) is 5.43. The lowest BCUT2D eigenvalue weighted by atomic mass is 10.2. The van der Waals surface area contributed by atoms with Gasteiger partial charge in [-0.3, -0.25) is 0 Å². The number of sulfonamides is 1. The zero-order valence-electron chi connectivity index (χ0n) is 8.12. The minimum atomic E-state index is -3.12. The molecule has 1 fully saturated rings. The molecule has 0 aromatic carbocycles. The van der Waals surface area contributed by atoms with Crippen molar-refractivity contribution in [3.8, 4) is 0 Å². The highest BCUT2D eigenvalue weighted by Gasteiger charge is 2.30. The molecule has 0 aromatic rings. The normalized spacial score (nSPS) is 20.2. The van der Waals surface area contributed by atoms with Crippen LogP contribution in [-0.2, 0) is 14.8 Å². The average Bonchev–Trinajstić information content (AvgIpc) is 2.82. The third kappa shape index (κ3) is 4.06. The molecule has 0 spiro atoms. The van der Waals surface area contributed by atoms with Crippen molar-refractivity contribution in [1.29, 1.82) is 0 Å². The molecule has 0 unspecified atom stereocenters. The van der Waals surface area contributed by atoms with Gasteiger partial charge in [0.15, 0.2) is 0 Å². The minimum Gasteiger partial charge on any atom is -0.384 e. The first-order valence-electron chi connectivity index (χ1n) is 4.54. The van der Waals surface area contributed by atoms with Gasteiger partial charge in [0, 0.05) is 13.2 Å². The van der Waals surface area contributed by atoms with Crippen LogP contribution in [0, 0.1) is 5.92 Å². The number of hydrogen-bond donors (Lipinski definition) is 1. The number of hydrogen-bond acceptors (Lipinski definition) is 3. The number of rotatable bonds is 6. The summed E-state index contributed by atoms with van der Waals surface area (Å²) in [6.45, 7) is 2.18. The molecule has 0 bridgehead atoms. The highest BCUT2D eigenvalue weighted by Crippen LogP contribution is 2.32. The lowest BCUT2D eigenvalue weighted by Crippen LogP contribution is -2.36. The molecule has 1 aliphatic carbocycles. The molecule has 0 radical (unpaired) electrons. The Morgan fingerprint density at radius 1 is 1.54 bits per heavy atom. The first-order valence-corrected chi connectivity index (χ1v) is 6.19. The van der Waals surface area contributed by atoms with E-state index in [1.54, 1.807) is 0 Å². The van der Waals surface area contributed by atoms with Crippen molar-refractivity contribution in [2.24, 2.45) is 5.92 Å². The molecule has 0 aromatic heterocycles. The summed E-state index contributed by atoms with van der Waals surface area (Å²) in [6, 6.07) is 0.0851. The van der Waals surface area contributed by atoms with E-state index in [-0.39, 0.29) is 18.4 Å².